The first-order chi connectivity index (χ1) is 16.7. The molecule has 1 saturated carbocycles. The molecule has 1 unspecified atom stereocenters. The van der Waals surface area contributed by atoms with E-state index in [9.17, 15) is 5.26 Å². The Balaban J connectivity index is 1.37. The zero-order valence-corrected chi connectivity index (χ0v) is 18.9. The molecular formula is C25H25N7O2. The zero-order valence-electron chi connectivity index (χ0n) is 18.9. The standard InChI is InChI=1S/C25H25N7O2/c1-33-23-13-28-25(30-21-8-4-7-18(9-21)22-12-27-16-34-22)31-24(23)20-11-29-32(15-20)14-19(10-26)17-5-2-3-6-17/h4,7-9,11-13,15-17,19H,2-3,5-6,14H2,1H3,(H,28,30,31). The monoisotopic (exact) mass is 455 g/mol. The molecule has 0 bridgehead atoms. The van der Waals surface area contributed by atoms with Gasteiger partial charge in [-0.2, -0.15) is 10.4 Å². The van der Waals surface area contributed by atoms with Gasteiger partial charge in [-0.15, -0.1) is 0 Å². The maximum Gasteiger partial charge on any atom is 0.227 e. The smallest absolute Gasteiger partial charge is 0.227 e. The number of oxazole rings is 1. The van der Waals surface area contributed by atoms with Gasteiger partial charge in [0.05, 0.1) is 44.2 Å². The summed E-state index contributed by atoms with van der Waals surface area (Å²) in [5, 5.41) is 17.4. The molecule has 0 spiro atoms. The fourth-order valence-corrected chi connectivity index (χ4v) is 4.47. The summed E-state index contributed by atoms with van der Waals surface area (Å²) in [6.07, 6.45) is 13.0. The van der Waals surface area contributed by atoms with Crippen molar-refractivity contribution in [3.05, 3.63) is 55.4 Å². The highest BCUT2D eigenvalue weighted by Gasteiger charge is 2.25. The van der Waals surface area contributed by atoms with Gasteiger partial charge in [0.2, 0.25) is 5.95 Å². The summed E-state index contributed by atoms with van der Waals surface area (Å²) in [5.74, 6) is 2.08. The predicted molar refractivity (Wildman–Crippen MR) is 126 cm³/mol. The molecule has 9 nitrogen and oxygen atoms in total. The highest BCUT2D eigenvalue weighted by atomic mass is 16.5. The first-order valence-electron chi connectivity index (χ1n) is 11.3. The molecule has 1 fully saturated rings. The number of nitrogens with zero attached hydrogens (tertiary/aromatic N) is 6. The van der Waals surface area contributed by atoms with Crippen LogP contribution in [0.2, 0.25) is 0 Å². The lowest BCUT2D eigenvalue weighted by Crippen LogP contribution is -2.17. The third-order valence-corrected chi connectivity index (χ3v) is 6.24. The fourth-order valence-electron chi connectivity index (χ4n) is 4.47. The van der Waals surface area contributed by atoms with Crippen LogP contribution in [0.3, 0.4) is 0 Å². The van der Waals surface area contributed by atoms with Gasteiger partial charge in [0.1, 0.15) is 5.69 Å². The Bertz CT molecular complexity index is 1290. The average molecular weight is 456 g/mol. The van der Waals surface area contributed by atoms with Gasteiger partial charge in [-0.05, 0) is 30.9 Å². The van der Waals surface area contributed by atoms with E-state index in [-0.39, 0.29) is 5.92 Å². The van der Waals surface area contributed by atoms with Gasteiger partial charge < -0.3 is 14.5 Å². The van der Waals surface area contributed by atoms with Crippen molar-refractivity contribution in [2.75, 3.05) is 12.4 Å². The van der Waals surface area contributed by atoms with Gasteiger partial charge >= 0.3 is 0 Å². The highest BCUT2D eigenvalue weighted by molar-refractivity contribution is 5.69. The Hall–Kier alpha value is -4.19. The number of ether oxygens (including phenoxy) is 1. The van der Waals surface area contributed by atoms with Crippen LogP contribution >= 0.6 is 0 Å². The van der Waals surface area contributed by atoms with Crippen molar-refractivity contribution in [2.45, 2.75) is 32.2 Å². The first-order valence-corrected chi connectivity index (χ1v) is 11.3. The molecule has 1 aliphatic carbocycles. The quantitative estimate of drug-likeness (QED) is 0.391. The minimum Gasteiger partial charge on any atom is -0.493 e. The van der Waals surface area contributed by atoms with Crippen molar-refractivity contribution in [2.24, 2.45) is 11.8 Å². The molecule has 1 atom stereocenters. The second-order valence-electron chi connectivity index (χ2n) is 8.41. The number of nitrogens with one attached hydrogen (secondary N) is 1. The molecule has 0 aliphatic heterocycles. The summed E-state index contributed by atoms with van der Waals surface area (Å²) >= 11 is 0. The number of hydrogen-bond donors (Lipinski definition) is 1. The summed E-state index contributed by atoms with van der Waals surface area (Å²) < 4.78 is 12.7. The summed E-state index contributed by atoms with van der Waals surface area (Å²) in [5.41, 5.74) is 3.15. The normalized spacial score (nSPS) is 14.6. The van der Waals surface area contributed by atoms with Gasteiger partial charge in [0.25, 0.3) is 0 Å². The average Bonchev–Trinajstić information content (AvgIpc) is 3.65. The Morgan fingerprint density at radius 3 is 2.88 bits per heavy atom. The molecule has 3 aromatic heterocycles. The van der Waals surface area contributed by atoms with Crippen LogP contribution < -0.4 is 10.1 Å². The molecule has 0 saturated heterocycles. The molecule has 0 radical (unpaired) electrons. The van der Waals surface area contributed by atoms with E-state index in [4.69, 9.17) is 14.1 Å². The van der Waals surface area contributed by atoms with Crippen LogP contribution in [0.15, 0.2) is 59.9 Å². The van der Waals surface area contributed by atoms with Gasteiger partial charge in [-0.25, -0.2) is 15.0 Å². The van der Waals surface area contributed by atoms with Crippen molar-refractivity contribution < 1.29 is 9.15 Å². The zero-order chi connectivity index (χ0) is 23.3. The van der Waals surface area contributed by atoms with Crippen LogP contribution in [0.25, 0.3) is 22.6 Å². The van der Waals surface area contributed by atoms with Crippen LogP contribution in [-0.4, -0.2) is 31.8 Å². The van der Waals surface area contributed by atoms with Crippen molar-refractivity contribution >= 4 is 11.6 Å². The van der Waals surface area contributed by atoms with Crippen molar-refractivity contribution in [3.8, 4) is 34.4 Å². The minimum absolute atomic E-state index is 0.0311. The number of methoxy groups -OCH3 is 1. The van der Waals surface area contributed by atoms with Crippen LogP contribution in [-0.2, 0) is 6.54 Å². The molecule has 1 N–H and O–H groups in total. The van der Waals surface area contributed by atoms with Gasteiger partial charge in [-0.3, -0.25) is 4.68 Å². The number of benzene rings is 1. The molecule has 5 rings (SSSR count). The van der Waals surface area contributed by atoms with Crippen LogP contribution in [0, 0.1) is 23.2 Å². The maximum absolute atomic E-state index is 9.66. The molecule has 4 aromatic rings. The summed E-state index contributed by atoms with van der Waals surface area (Å²) in [7, 11) is 1.59. The predicted octanol–water partition coefficient (Wildman–Crippen LogP) is 5.08. The van der Waals surface area contributed by atoms with Crippen LogP contribution in [0.1, 0.15) is 25.7 Å². The van der Waals surface area contributed by atoms with E-state index in [1.165, 1.54) is 19.2 Å². The van der Waals surface area contributed by atoms with E-state index in [2.05, 4.69) is 26.5 Å². The topological polar surface area (TPSA) is 115 Å². The van der Waals surface area contributed by atoms with E-state index >= 15 is 0 Å². The second kappa shape index (κ2) is 9.75. The summed E-state index contributed by atoms with van der Waals surface area (Å²) in [6, 6.07) is 10.2. The van der Waals surface area contributed by atoms with E-state index < -0.39 is 0 Å². The lowest BCUT2D eigenvalue weighted by molar-refractivity contribution is 0.354. The lowest BCUT2D eigenvalue weighted by Gasteiger charge is -2.15. The van der Waals surface area contributed by atoms with Crippen LogP contribution in [0.5, 0.6) is 5.75 Å². The summed E-state index contributed by atoms with van der Waals surface area (Å²) in [4.78, 5) is 13.1. The molecule has 172 valence electrons. The second-order valence-corrected chi connectivity index (χ2v) is 8.41. The summed E-state index contributed by atoms with van der Waals surface area (Å²) in [6.45, 7) is 0.577. The molecular weight excluding hydrogens is 430 g/mol. The third kappa shape index (κ3) is 4.62. The first kappa shape index (κ1) is 21.6. The van der Waals surface area contributed by atoms with Gasteiger partial charge in [-0.1, -0.05) is 25.0 Å². The Morgan fingerprint density at radius 2 is 2.12 bits per heavy atom. The maximum atomic E-state index is 9.66. The number of nitriles is 1. The Labute approximate surface area is 197 Å². The molecule has 0 amide bonds. The van der Waals surface area contributed by atoms with Crippen molar-refractivity contribution in [3.63, 3.8) is 0 Å². The number of hydrogen-bond acceptors (Lipinski definition) is 8. The Kier molecular flexibility index (Phi) is 6.21. The molecule has 1 aliphatic rings. The molecule has 3 heterocycles. The minimum atomic E-state index is -0.0311. The largest absolute Gasteiger partial charge is 0.493 e. The van der Waals surface area contributed by atoms with E-state index in [1.54, 1.807) is 25.7 Å². The number of aromatic nitrogens is 5. The lowest BCUT2D eigenvalue weighted by atomic mass is 9.92. The van der Waals surface area contributed by atoms with Crippen molar-refractivity contribution in [1.82, 2.24) is 24.7 Å². The third-order valence-electron chi connectivity index (χ3n) is 6.24. The van der Waals surface area contributed by atoms with E-state index in [1.807, 2.05) is 35.1 Å². The fraction of sp³-hybridized carbons (Fsp3) is 0.320. The van der Waals surface area contributed by atoms with Crippen LogP contribution in [0.4, 0.5) is 11.6 Å². The van der Waals surface area contributed by atoms with E-state index in [0.29, 0.717) is 35.6 Å². The van der Waals surface area contributed by atoms with E-state index in [0.717, 1.165) is 29.7 Å². The van der Waals surface area contributed by atoms with Gasteiger partial charge in [0.15, 0.2) is 17.9 Å². The molecule has 9 heteroatoms. The highest BCUT2D eigenvalue weighted by Crippen LogP contribution is 2.33. The number of rotatable bonds is 8. The Morgan fingerprint density at radius 1 is 1.24 bits per heavy atom. The SMILES string of the molecule is COc1cnc(Nc2cccc(-c3cnco3)c2)nc1-c1cnn(CC(C#N)C2CCCC2)c1. The number of anilines is 2. The van der Waals surface area contributed by atoms with Crippen molar-refractivity contribution in [1.29, 1.82) is 5.26 Å². The van der Waals surface area contributed by atoms with Gasteiger partial charge in [0, 0.05) is 23.0 Å². The molecule has 1 aromatic carbocycles. The molecule has 34 heavy (non-hydrogen) atoms.